The Bertz CT molecular complexity index is 1480. The molecule has 0 amide bonds. The molecule has 2 aromatic carbocycles. The molecule has 0 aromatic heterocycles. The fourth-order valence-corrected chi connectivity index (χ4v) is 6.49. The summed E-state index contributed by atoms with van der Waals surface area (Å²) < 4.78 is 9.01. The number of nitrogens with zero attached hydrogens (tertiary/aromatic N) is 3. The minimum Gasteiger partial charge on any atom is -0.495 e. The summed E-state index contributed by atoms with van der Waals surface area (Å²) in [4.78, 5) is 16.1. The molecule has 0 saturated carbocycles. The molecule has 0 radical (unpaired) electrons. The molecule has 1 aliphatic carbocycles. The van der Waals surface area contributed by atoms with E-state index in [1.807, 2.05) is 6.08 Å². The van der Waals surface area contributed by atoms with Gasteiger partial charge < -0.3 is 14.1 Å². The van der Waals surface area contributed by atoms with Crippen LogP contribution in [-0.4, -0.2) is 68.9 Å². The largest absolute Gasteiger partial charge is 0.495 e. The third-order valence-corrected chi connectivity index (χ3v) is 8.70. The zero-order valence-corrected chi connectivity index (χ0v) is 25.1. The SMILES string of the molecule is COC1=C(/C=C2/N(CCC[N+](C)(C)C)c3ccccc3C2(C)C)C(=O)/C1=C\C1=[N+](C)c2ccccc2C1(C)C. The Morgan fingerprint density at radius 1 is 0.923 bits per heavy atom. The fourth-order valence-electron chi connectivity index (χ4n) is 6.49. The Balaban J connectivity index is 1.55. The molecule has 5 heteroatoms. The zero-order valence-electron chi connectivity index (χ0n) is 25.1. The average molecular weight is 526 g/mol. The minimum absolute atomic E-state index is 0.0464. The summed E-state index contributed by atoms with van der Waals surface area (Å²) in [6.07, 6.45) is 5.19. The lowest BCUT2D eigenvalue weighted by atomic mass is 9.77. The zero-order chi connectivity index (χ0) is 28.3. The molecule has 5 rings (SSSR count). The highest BCUT2D eigenvalue weighted by Gasteiger charge is 2.46. The monoisotopic (exact) mass is 525 g/mol. The van der Waals surface area contributed by atoms with Crippen LogP contribution in [0.15, 0.2) is 83.3 Å². The quantitative estimate of drug-likeness (QED) is 0.257. The van der Waals surface area contributed by atoms with Crippen LogP contribution >= 0.6 is 0 Å². The molecule has 0 atom stereocenters. The Labute approximate surface area is 234 Å². The van der Waals surface area contributed by atoms with Crippen LogP contribution in [0.4, 0.5) is 11.4 Å². The lowest BCUT2D eigenvalue weighted by Gasteiger charge is -2.31. The first-order chi connectivity index (χ1) is 18.3. The topological polar surface area (TPSA) is 32.5 Å². The molecular weight excluding hydrogens is 482 g/mol. The number of Topliss-reactive ketones (excluding diaryl/α,β-unsaturated/α-hetero) is 1. The number of rotatable bonds is 7. The Morgan fingerprint density at radius 2 is 1.56 bits per heavy atom. The van der Waals surface area contributed by atoms with Crippen molar-refractivity contribution in [1.29, 1.82) is 0 Å². The van der Waals surface area contributed by atoms with Crippen LogP contribution < -0.4 is 4.90 Å². The highest BCUT2D eigenvalue weighted by atomic mass is 16.5. The number of methoxy groups -OCH3 is 1. The molecule has 2 heterocycles. The summed E-state index contributed by atoms with van der Waals surface area (Å²) >= 11 is 0. The maximum Gasteiger partial charge on any atom is 0.209 e. The van der Waals surface area contributed by atoms with Gasteiger partial charge in [-0.15, -0.1) is 0 Å². The van der Waals surface area contributed by atoms with Crippen LogP contribution in [0.1, 0.15) is 45.2 Å². The van der Waals surface area contributed by atoms with Crippen LogP contribution in [0.5, 0.6) is 0 Å². The maximum atomic E-state index is 13.7. The molecule has 0 bridgehead atoms. The molecule has 0 unspecified atom stereocenters. The van der Waals surface area contributed by atoms with Crippen LogP contribution in [0, 0.1) is 0 Å². The summed E-state index contributed by atoms with van der Waals surface area (Å²) in [6, 6.07) is 17.1. The van der Waals surface area contributed by atoms with Crippen LogP contribution in [0.25, 0.3) is 0 Å². The van der Waals surface area contributed by atoms with Crippen LogP contribution in [0.3, 0.4) is 0 Å². The predicted molar refractivity (Wildman–Crippen MR) is 160 cm³/mol. The number of hydrogen-bond donors (Lipinski definition) is 0. The number of allylic oxidation sites excluding steroid dienone is 5. The van der Waals surface area contributed by atoms with Crippen molar-refractivity contribution < 1.29 is 18.6 Å². The summed E-state index contributed by atoms with van der Waals surface area (Å²) in [7, 11) is 10.4. The van der Waals surface area contributed by atoms with Crippen LogP contribution in [-0.2, 0) is 20.4 Å². The van der Waals surface area contributed by atoms with Crippen molar-refractivity contribution in [2.75, 3.05) is 53.3 Å². The average Bonchev–Trinajstić information content (AvgIpc) is 3.21. The number of quaternary nitrogens is 1. The first-order valence-corrected chi connectivity index (χ1v) is 13.9. The van der Waals surface area contributed by atoms with Crippen LogP contribution in [0.2, 0.25) is 0 Å². The molecule has 2 aliphatic heterocycles. The van der Waals surface area contributed by atoms with E-state index >= 15 is 0 Å². The van der Waals surface area contributed by atoms with Crippen molar-refractivity contribution in [3.05, 3.63) is 94.4 Å². The number of benzene rings is 2. The van der Waals surface area contributed by atoms with Crippen molar-refractivity contribution in [2.45, 2.75) is 44.9 Å². The maximum absolute atomic E-state index is 13.7. The smallest absolute Gasteiger partial charge is 0.209 e. The Kier molecular flexibility index (Phi) is 6.50. The molecule has 0 spiro atoms. The highest BCUT2D eigenvalue weighted by Crippen LogP contribution is 2.49. The normalized spacial score (nSPS) is 21.6. The first-order valence-electron chi connectivity index (χ1n) is 13.9. The summed E-state index contributed by atoms with van der Waals surface area (Å²) in [5.41, 5.74) is 8.12. The second-order valence-corrected chi connectivity index (χ2v) is 13.1. The molecule has 0 fully saturated rings. The minimum atomic E-state index is -0.219. The number of hydrogen-bond acceptors (Lipinski definition) is 3. The van der Waals surface area contributed by atoms with Gasteiger partial charge in [0.1, 0.15) is 12.8 Å². The number of ether oxygens (including phenoxy) is 1. The molecule has 0 N–H and O–H groups in total. The van der Waals surface area contributed by atoms with Gasteiger partial charge in [-0.25, -0.2) is 0 Å². The van der Waals surface area contributed by atoms with Crippen molar-refractivity contribution in [3.63, 3.8) is 0 Å². The van der Waals surface area contributed by atoms with Gasteiger partial charge in [0.05, 0.1) is 51.4 Å². The number of para-hydroxylation sites is 2. The number of carbonyl (C=O) groups excluding carboxylic acids is 1. The third kappa shape index (κ3) is 4.37. The van der Waals surface area contributed by atoms with Crippen molar-refractivity contribution in [2.24, 2.45) is 0 Å². The van der Waals surface area contributed by atoms with Gasteiger partial charge in [-0.2, -0.15) is 4.58 Å². The Hall–Kier alpha value is -3.44. The standard InChI is InChI=1S/C34H43N3O2/c1-33(2)25-15-10-12-17-27(25)35(5)29(33)21-23-31(38)24(32(23)39-9)22-30-34(3,4)26-16-11-13-18-28(26)36(30)19-14-20-37(6,7)8/h10-13,15-18,21-22H,14,19-20H2,1-9H3/q+2. The third-order valence-electron chi connectivity index (χ3n) is 8.70. The predicted octanol–water partition coefficient (Wildman–Crippen LogP) is 5.88. The van der Waals surface area contributed by atoms with Gasteiger partial charge >= 0.3 is 0 Å². The van der Waals surface area contributed by atoms with Gasteiger partial charge in [0.2, 0.25) is 11.5 Å². The number of ketones is 1. The summed E-state index contributed by atoms with van der Waals surface area (Å²) in [5.74, 6) is 0.725. The van der Waals surface area contributed by atoms with E-state index in [1.54, 1.807) is 7.11 Å². The van der Waals surface area contributed by atoms with E-state index in [0.29, 0.717) is 16.9 Å². The van der Waals surface area contributed by atoms with E-state index in [4.69, 9.17) is 4.74 Å². The molecule has 5 nitrogen and oxygen atoms in total. The van der Waals surface area contributed by atoms with Crippen molar-refractivity contribution in [1.82, 2.24) is 0 Å². The van der Waals surface area contributed by atoms with Gasteiger partial charge in [-0.3, -0.25) is 4.79 Å². The van der Waals surface area contributed by atoms with Gasteiger partial charge in [-0.1, -0.05) is 50.2 Å². The molecule has 39 heavy (non-hydrogen) atoms. The molecule has 204 valence electrons. The lowest BCUT2D eigenvalue weighted by molar-refractivity contribution is -0.870. The highest BCUT2D eigenvalue weighted by molar-refractivity contribution is 6.24. The summed E-state index contributed by atoms with van der Waals surface area (Å²) in [5, 5.41) is 0. The molecule has 3 aliphatic rings. The number of anilines is 1. The first kappa shape index (κ1) is 27.1. The lowest BCUT2D eigenvalue weighted by Crippen LogP contribution is -2.37. The van der Waals surface area contributed by atoms with Crippen molar-refractivity contribution >= 4 is 22.9 Å². The number of carbonyl (C=O) groups is 1. The second kappa shape index (κ2) is 9.34. The molecule has 0 saturated heterocycles. The fraction of sp³-hybridized carbons (Fsp3) is 0.412. The van der Waals surface area contributed by atoms with Gasteiger partial charge in [-0.05, 0) is 31.6 Å². The number of fused-ring (bicyclic) bond motifs is 2. The van der Waals surface area contributed by atoms with E-state index in [-0.39, 0.29) is 16.6 Å². The van der Waals surface area contributed by atoms with Gasteiger partial charge in [0.15, 0.2) is 5.71 Å². The van der Waals surface area contributed by atoms with E-state index in [9.17, 15) is 4.79 Å². The second-order valence-electron chi connectivity index (χ2n) is 13.1. The van der Waals surface area contributed by atoms with E-state index in [1.165, 1.54) is 22.5 Å². The van der Waals surface area contributed by atoms with Gasteiger partial charge in [0.25, 0.3) is 0 Å². The van der Waals surface area contributed by atoms with E-state index in [2.05, 4.69) is 120 Å². The Morgan fingerprint density at radius 3 is 2.21 bits per heavy atom. The van der Waals surface area contributed by atoms with E-state index in [0.717, 1.165) is 35.4 Å². The summed E-state index contributed by atoms with van der Waals surface area (Å²) in [6.45, 7) is 10.9. The van der Waals surface area contributed by atoms with Crippen molar-refractivity contribution in [3.8, 4) is 0 Å². The van der Waals surface area contributed by atoms with Gasteiger partial charge in [0, 0.05) is 47.5 Å². The molecule has 2 aromatic rings. The molecular formula is C34H43N3O2+2. The van der Waals surface area contributed by atoms with E-state index < -0.39 is 0 Å².